The number of esters is 2. The van der Waals surface area contributed by atoms with E-state index >= 15 is 0 Å². The fourth-order valence-electron chi connectivity index (χ4n) is 3.52. The molecule has 0 aliphatic heterocycles. The molecule has 1 aromatic rings. The van der Waals surface area contributed by atoms with Gasteiger partial charge in [-0.25, -0.2) is 4.39 Å². The number of halogens is 1. The highest BCUT2D eigenvalue weighted by Crippen LogP contribution is 2.46. The first kappa shape index (κ1) is 25.1. The van der Waals surface area contributed by atoms with Crippen molar-refractivity contribution in [2.45, 2.75) is 65.6 Å². The van der Waals surface area contributed by atoms with Crippen LogP contribution in [-0.2, 0) is 23.5 Å². The van der Waals surface area contributed by atoms with Gasteiger partial charge in [-0.3, -0.25) is 9.59 Å². The number of carbonyl (C=O) groups excluding carboxylic acids is 2. The molecule has 172 valence electrons. The van der Waals surface area contributed by atoms with Crippen molar-refractivity contribution in [1.29, 1.82) is 0 Å². The van der Waals surface area contributed by atoms with Crippen molar-refractivity contribution in [1.82, 2.24) is 0 Å². The van der Waals surface area contributed by atoms with Crippen LogP contribution in [0.4, 0.5) is 4.39 Å². The lowest BCUT2D eigenvalue weighted by atomic mass is 9.75. The van der Waals surface area contributed by atoms with E-state index in [2.05, 4.69) is 33.9 Å². The number of benzene rings is 1. The van der Waals surface area contributed by atoms with Gasteiger partial charge in [-0.1, -0.05) is 32.9 Å². The molecule has 0 N–H and O–H groups in total. The van der Waals surface area contributed by atoms with Crippen LogP contribution in [0.3, 0.4) is 0 Å². The van der Waals surface area contributed by atoms with Crippen molar-refractivity contribution < 1.29 is 27.9 Å². The van der Waals surface area contributed by atoms with Crippen molar-refractivity contribution in [2.75, 3.05) is 13.2 Å². The molecular weight excluding hydrogens is 415 g/mol. The number of rotatable bonds is 7. The fourth-order valence-corrected chi connectivity index (χ4v) is 4.65. The second-order valence-corrected chi connectivity index (χ2v) is 14.1. The molecule has 0 heterocycles. The molecule has 1 aliphatic carbocycles. The van der Waals surface area contributed by atoms with Gasteiger partial charge in [0.15, 0.2) is 0 Å². The second-order valence-electron chi connectivity index (χ2n) is 9.33. The molecule has 0 aromatic heterocycles. The van der Waals surface area contributed by atoms with Gasteiger partial charge in [0.25, 0.3) is 0 Å². The van der Waals surface area contributed by atoms with Gasteiger partial charge < -0.3 is 13.9 Å². The predicted octanol–water partition coefficient (Wildman–Crippen LogP) is 5.71. The third kappa shape index (κ3) is 5.76. The first-order chi connectivity index (χ1) is 14.4. The highest BCUT2D eigenvalue weighted by molar-refractivity contribution is 6.74. The van der Waals surface area contributed by atoms with Crippen molar-refractivity contribution in [3.05, 3.63) is 41.4 Å². The van der Waals surface area contributed by atoms with Crippen LogP contribution in [0.1, 0.15) is 53.0 Å². The molecule has 2 atom stereocenters. The van der Waals surface area contributed by atoms with Crippen LogP contribution in [0.5, 0.6) is 0 Å². The Kier molecular flexibility index (Phi) is 8.08. The first-order valence-electron chi connectivity index (χ1n) is 10.9. The minimum absolute atomic E-state index is 0.0503. The third-order valence-corrected chi connectivity index (χ3v) is 10.5. The van der Waals surface area contributed by atoms with Crippen molar-refractivity contribution in [2.24, 2.45) is 11.8 Å². The van der Waals surface area contributed by atoms with E-state index in [4.69, 9.17) is 13.9 Å². The fraction of sp³-hybridized carbons (Fsp3) is 0.583. The Morgan fingerprint density at radius 1 is 1.03 bits per heavy atom. The van der Waals surface area contributed by atoms with Crippen LogP contribution in [0, 0.1) is 17.7 Å². The van der Waals surface area contributed by atoms with Gasteiger partial charge in [-0.15, -0.1) is 0 Å². The van der Waals surface area contributed by atoms with Gasteiger partial charge in [-0.05, 0) is 56.1 Å². The van der Waals surface area contributed by atoms with Crippen LogP contribution in [0.25, 0.3) is 5.57 Å². The maximum absolute atomic E-state index is 13.7. The van der Waals surface area contributed by atoms with E-state index in [1.54, 1.807) is 26.0 Å². The molecule has 1 aromatic carbocycles. The van der Waals surface area contributed by atoms with Gasteiger partial charge in [0.2, 0.25) is 8.32 Å². The molecular formula is C24H35FO5Si. The zero-order valence-corrected chi connectivity index (χ0v) is 20.7. The zero-order valence-electron chi connectivity index (χ0n) is 19.7. The Bertz CT molecular complexity index is 823. The van der Waals surface area contributed by atoms with Gasteiger partial charge in [0, 0.05) is 12.0 Å². The molecule has 0 saturated heterocycles. The standard InChI is InChI=1S/C24H35FO5Si/c1-8-28-22(26)18-14-15-19(30-31(6,7)24(3,4)5)20(21(18)23(27)29-9-2)16-10-12-17(25)13-11-16/h10-13,18,21H,8-9,14-15H2,1-7H3/t18-,21+/m0/s1. The summed E-state index contributed by atoms with van der Waals surface area (Å²) in [5.74, 6) is -2.13. The summed E-state index contributed by atoms with van der Waals surface area (Å²) in [6.45, 7) is 14.6. The van der Waals surface area contributed by atoms with Crippen LogP contribution < -0.4 is 0 Å². The minimum atomic E-state index is -2.23. The molecule has 7 heteroatoms. The maximum Gasteiger partial charge on any atom is 0.314 e. The number of hydrogen-bond donors (Lipinski definition) is 0. The van der Waals surface area contributed by atoms with Crippen molar-refractivity contribution >= 4 is 25.8 Å². The Balaban J connectivity index is 2.68. The largest absolute Gasteiger partial charge is 0.546 e. The van der Waals surface area contributed by atoms with Crippen LogP contribution >= 0.6 is 0 Å². The van der Waals surface area contributed by atoms with Gasteiger partial charge in [0.1, 0.15) is 5.82 Å². The highest BCUT2D eigenvalue weighted by atomic mass is 28.4. The van der Waals surface area contributed by atoms with Gasteiger partial charge in [0.05, 0.1) is 30.8 Å². The molecule has 0 spiro atoms. The number of allylic oxidation sites excluding steroid dienone is 1. The smallest absolute Gasteiger partial charge is 0.314 e. The second kappa shape index (κ2) is 9.98. The van der Waals surface area contributed by atoms with E-state index < -0.39 is 32.1 Å². The third-order valence-electron chi connectivity index (χ3n) is 6.17. The summed E-state index contributed by atoms with van der Waals surface area (Å²) in [7, 11) is -2.23. The average molecular weight is 451 g/mol. The maximum atomic E-state index is 13.7. The zero-order chi connectivity index (χ0) is 23.4. The summed E-state index contributed by atoms with van der Waals surface area (Å²) < 4.78 is 30.9. The Hall–Kier alpha value is -2.15. The van der Waals surface area contributed by atoms with E-state index in [1.165, 1.54) is 12.1 Å². The summed E-state index contributed by atoms with van der Waals surface area (Å²) in [5.41, 5.74) is 1.26. The lowest BCUT2D eigenvalue weighted by Crippen LogP contribution is -2.43. The molecule has 0 fully saturated rings. The Morgan fingerprint density at radius 3 is 2.10 bits per heavy atom. The van der Waals surface area contributed by atoms with E-state index in [9.17, 15) is 14.0 Å². The Labute approximate surface area is 186 Å². The molecule has 31 heavy (non-hydrogen) atoms. The SMILES string of the molecule is CCOC(=O)[C@H]1C(c2ccc(F)cc2)=C(O[Si](C)(C)C(C)(C)C)CC[C@@H]1C(=O)OCC. The van der Waals surface area contributed by atoms with Crippen LogP contribution in [0.15, 0.2) is 30.0 Å². The lowest BCUT2D eigenvalue weighted by molar-refractivity contribution is -0.158. The normalized spacial score (nSPS) is 19.7. The number of ether oxygens (including phenoxy) is 2. The van der Waals surface area contributed by atoms with Crippen LogP contribution in [-0.4, -0.2) is 33.5 Å². The molecule has 0 bridgehead atoms. The lowest BCUT2D eigenvalue weighted by Gasteiger charge is -2.41. The summed E-state index contributed by atoms with van der Waals surface area (Å²) >= 11 is 0. The predicted molar refractivity (Wildman–Crippen MR) is 121 cm³/mol. The quantitative estimate of drug-likeness (QED) is 0.393. The van der Waals surface area contributed by atoms with Gasteiger partial charge >= 0.3 is 11.9 Å². The summed E-state index contributed by atoms with van der Waals surface area (Å²) in [6.07, 6.45) is 0.926. The topological polar surface area (TPSA) is 61.8 Å². The average Bonchev–Trinajstić information content (AvgIpc) is 2.67. The molecule has 0 saturated carbocycles. The van der Waals surface area contributed by atoms with Crippen molar-refractivity contribution in [3.8, 4) is 0 Å². The molecule has 1 aliphatic rings. The number of hydrogen-bond acceptors (Lipinski definition) is 5. The van der Waals surface area contributed by atoms with E-state index in [-0.39, 0.29) is 24.1 Å². The summed E-state index contributed by atoms with van der Waals surface area (Å²) in [5, 5.41) is -0.0503. The summed E-state index contributed by atoms with van der Waals surface area (Å²) in [6, 6.07) is 5.95. The highest BCUT2D eigenvalue weighted by Gasteiger charge is 2.46. The monoisotopic (exact) mass is 450 g/mol. The van der Waals surface area contributed by atoms with E-state index in [0.717, 1.165) is 0 Å². The Morgan fingerprint density at radius 2 is 1.58 bits per heavy atom. The molecule has 0 radical (unpaired) electrons. The molecule has 5 nitrogen and oxygen atoms in total. The molecule has 0 unspecified atom stereocenters. The van der Waals surface area contributed by atoms with Crippen LogP contribution in [0.2, 0.25) is 18.1 Å². The minimum Gasteiger partial charge on any atom is -0.546 e. The number of carbonyl (C=O) groups is 2. The summed E-state index contributed by atoms with van der Waals surface area (Å²) in [4.78, 5) is 25.8. The van der Waals surface area contributed by atoms with E-state index in [0.29, 0.717) is 29.7 Å². The van der Waals surface area contributed by atoms with E-state index in [1.807, 2.05) is 0 Å². The van der Waals surface area contributed by atoms with Crippen molar-refractivity contribution in [3.63, 3.8) is 0 Å². The van der Waals surface area contributed by atoms with Gasteiger partial charge in [-0.2, -0.15) is 0 Å². The molecule has 2 rings (SSSR count). The first-order valence-corrected chi connectivity index (χ1v) is 13.8. The molecule has 0 amide bonds.